The molecule has 1 aliphatic heterocycles. The number of rotatable bonds is 1. The molecule has 1 unspecified atom stereocenters. The summed E-state index contributed by atoms with van der Waals surface area (Å²) < 4.78 is 0. The van der Waals surface area contributed by atoms with Crippen LogP contribution in [0, 0.1) is 0 Å². The number of hydrogen-bond donors (Lipinski definition) is 1. The van der Waals surface area contributed by atoms with Crippen LogP contribution < -0.4 is 0 Å². The highest BCUT2D eigenvalue weighted by atomic mass is 32.2. The number of benzene rings is 2. The molecule has 0 radical (unpaired) electrons. The average molecular weight is 256 g/mol. The van der Waals surface area contributed by atoms with Crippen molar-refractivity contribution >= 4 is 11.8 Å². The number of aliphatic hydroxyl groups is 1. The molecule has 1 N–H and O–H groups in total. The molecule has 0 amide bonds. The van der Waals surface area contributed by atoms with Crippen LogP contribution in [0.5, 0.6) is 0 Å². The lowest BCUT2D eigenvalue weighted by molar-refractivity contribution is 0.213. The highest BCUT2D eigenvalue weighted by molar-refractivity contribution is 7.99. The van der Waals surface area contributed by atoms with E-state index in [1.807, 2.05) is 18.2 Å². The first-order valence-electron chi connectivity index (χ1n) is 6.25. The van der Waals surface area contributed by atoms with Gasteiger partial charge in [-0.2, -0.15) is 0 Å². The zero-order chi connectivity index (χ0) is 12.7. The molecule has 3 rings (SSSR count). The van der Waals surface area contributed by atoms with Gasteiger partial charge in [-0.1, -0.05) is 55.9 Å². The molecule has 0 spiro atoms. The molecule has 0 saturated heterocycles. The third-order valence-corrected chi connectivity index (χ3v) is 4.61. The molecular weight excluding hydrogens is 240 g/mol. The lowest BCUT2D eigenvalue weighted by Gasteiger charge is -2.25. The van der Waals surface area contributed by atoms with Crippen LogP contribution >= 0.6 is 11.8 Å². The van der Waals surface area contributed by atoms with Crippen LogP contribution in [0.2, 0.25) is 0 Å². The minimum Gasteiger partial charge on any atom is -0.384 e. The lowest BCUT2D eigenvalue weighted by atomic mass is 9.95. The average Bonchev–Trinajstić information content (AvgIpc) is 2.38. The molecule has 18 heavy (non-hydrogen) atoms. The van der Waals surface area contributed by atoms with Crippen LogP contribution in [-0.2, 0) is 0 Å². The Morgan fingerprint density at radius 3 is 2.50 bits per heavy atom. The summed E-state index contributed by atoms with van der Waals surface area (Å²) in [6.45, 7) is 4.36. The van der Waals surface area contributed by atoms with E-state index in [9.17, 15) is 5.11 Å². The van der Waals surface area contributed by atoms with Gasteiger partial charge < -0.3 is 5.11 Å². The van der Waals surface area contributed by atoms with Gasteiger partial charge in [0.15, 0.2) is 0 Å². The van der Waals surface area contributed by atoms with Crippen LogP contribution in [-0.4, -0.2) is 5.11 Å². The van der Waals surface area contributed by atoms with Crippen molar-refractivity contribution in [3.63, 3.8) is 0 Å². The topological polar surface area (TPSA) is 20.2 Å². The fourth-order valence-corrected chi connectivity index (χ4v) is 3.42. The predicted octanol–water partition coefficient (Wildman–Crippen LogP) is 4.36. The van der Waals surface area contributed by atoms with Crippen molar-refractivity contribution in [2.75, 3.05) is 0 Å². The summed E-state index contributed by atoms with van der Waals surface area (Å²) >= 11 is 1.75. The first kappa shape index (κ1) is 11.8. The second-order valence-electron chi connectivity index (χ2n) is 4.99. The van der Waals surface area contributed by atoms with E-state index >= 15 is 0 Å². The van der Waals surface area contributed by atoms with Crippen LogP contribution in [0.25, 0.3) is 0 Å². The Hall–Kier alpha value is -1.25. The molecule has 0 aliphatic carbocycles. The Balaban J connectivity index is 2.11. The van der Waals surface area contributed by atoms with E-state index in [0.29, 0.717) is 5.92 Å². The number of aliphatic hydroxyl groups excluding tert-OH is 1. The van der Waals surface area contributed by atoms with E-state index in [4.69, 9.17) is 0 Å². The Kier molecular flexibility index (Phi) is 2.92. The molecule has 0 aromatic heterocycles. The van der Waals surface area contributed by atoms with Crippen molar-refractivity contribution in [3.05, 3.63) is 59.2 Å². The van der Waals surface area contributed by atoms with Crippen LogP contribution in [0.1, 0.15) is 42.6 Å². The zero-order valence-corrected chi connectivity index (χ0v) is 11.4. The van der Waals surface area contributed by atoms with Gasteiger partial charge in [-0.25, -0.2) is 0 Å². The van der Waals surface area contributed by atoms with Crippen molar-refractivity contribution < 1.29 is 5.11 Å². The molecule has 1 heterocycles. The number of fused-ring (bicyclic) bond motifs is 2. The van der Waals surface area contributed by atoms with Gasteiger partial charge in [0.2, 0.25) is 0 Å². The molecule has 0 bridgehead atoms. The van der Waals surface area contributed by atoms with Gasteiger partial charge >= 0.3 is 0 Å². The monoisotopic (exact) mass is 256 g/mol. The SMILES string of the molecule is CC(C)c1ccc2c(c1)C(O)c1ccccc1S2. The Bertz CT molecular complexity index is 589. The Labute approximate surface area is 112 Å². The maximum Gasteiger partial charge on any atom is 0.106 e. The molecule has 2 aromatic carbocycles. The van der Waals surface area contributed by atoms with Gasteiger partial charge in [-0.3, -0.25) is 0 Å². The van der Waals surface area contributed by atoms with E-state index in [2.05, 4.69) is 38.1 Å². The molecule has 1 atom stereocenters. The van der Waals surface area contributed by atoms with E-state index < -0.39 is 6.10 Å². The summed E-state index contributed by atoms with van der Waals surface area (Å²) in [6, 6.07) is 14.5. The van der Waals surface area contributed by atoms with Gasteiger partial charge in [-0.15, -0.1) is 0 Å². The first-order chi connectivity index (χ1) is 8.66. The quantitative estimate of drug-likeness (QED) is 0.818. The zero-order valence-electron chi connectivity index (χ0n) is 10.6. The van der Waals surface area contributed by atoms with E-state index in [1.165, 1.54) is 10.5 Å². The second kappa shape index (κ2) is 4.45. The molecule has 1 aliphatic rings. The number of hydrogen-bond acceptors (Lipinski definition) is 2. The molecular formula is C16H16OS. The van der Waals surface area contributed by atoms with Gasteiger partial charge in [0.1, 0.15) is 6.10 Å². The maximum absolute atomic E-state index is 10.5. The molecule has 0 fully saturated rings. The van der Waals surface area contributed by atoms with Gasteiger partial charge in [0, 0.05) is 9.79 Å². The van der Waals surface area contributed by atoms with Gasteiger partial charge in [0.05, 0.1) is 0 Å². The minimum absolute atomic E-state index is 0.490. The summed E-state index contributed by atoms with van der Waals surface area (Å²) in [6.07, 6.45) is -0.490. The smallest absolute Gasteiger partial charge is 0.106 e. The highest BCUT2D eigenvalue weighted by Gasteiger charge is 2.24. The van der Waals surface area contributed by atoms with Gasteiger partial charge in [-0.05, 0) is 34.7 Å². The van der Waals surface area contributed by atoms with E-state index in [1.54, 1.807) is 11.8 Å². The summed E-state index contributed by atoms with van der Waals surface area (Å²) in [5, 5.41) is 10.5. The normalized spacial score (nSPS) is 17.4. The third kappa shape index (κ3) is 1.86. The highest BCUT2D eigenvalue weighted by Crippen LogP contribution is 2.45. The Morgan fingerprint density at radius 2 is 1.72 bits per heavy atom. The second-order valence-corrected chi connectivity index (χ2v) is 6.08. The molecule has 2 heteroatoms. The lowest BCUT2D eigenvalue weighted by Crippen LogP contribution is -2.08. The predicted molar refractivity (Wildman–Crippen MR) is 75.2 cm³/mol. The third-order valence-electron chi connectivity index (χ3n) is 3.43. The van der Waals surface area contributed by atoms with Crippen molar-refractivity contribution in [2.24, 2.45) is 0 Å². The van der Waals surface area contributed by atoms with Crippen molar-refractivity contribution in [3.8, 4) is 0 Å². The largest absolute Gasteiger partial charge is 0.384 e. The van der Waals surface area contributed by atoms with E-state index in [0.717, 1.165) is 16.0 Å². The summed E-state index contributed by atoms with van der Waals surface area (Å²) in [5.74, 6) is 0.490. The minimum atomic E-state index is -0.490. The molecule has 0 saturated carbocycles. The molecule has 1 nitrogen and oxygen atoms in total. The fourth-order valence-electron chi connectivity index (χ4n) is 2.32. The summed E-state index contributed by atoms with van der Waals surface area (Å²) in [7, 11) is 0. The van der Waals surface area contributed by atoms with E-state index in [-0.39, 0.29) is 0 Å². The van der Waals surface area contributed by atoms with Crippen LogP contribution in [0.15, 0.2) is 52.3 Å². The first-order valence-corrected chi connectivity index (χ1v) is 7.07. The van der Waals surface area contributed by atoms with Crippen molar-refractivity contribution in [2.45, 2.75) is 35.7 Å². The van der Waals surface area contributed by atoms with Crippen molar-refractivity contribution in [1.29, 1.82) is 0 Å². The van der Waals surface area contributed by atoms with Gasteiger partial charge in [0.25, 0.3) is 0 Å². The van der Waals surface area contributed by atoms with Crippen molar-refractivity contribution in [1.82, 2.24) is 0 Å². The fraction of sp³-hybridized carbons (Fsp3) is 0.250. The van der Waals surface area contributed by atoms with Crippen LogP contribution in [0.3, 0.4) is 0 Å². The molecule has 2 aromatic rings. The maximum atomic E-state index is 10.5. The van der Waals surface area contributed by atoms with Crippen LogP contribution in [0.4, 0.5) is 0 Å². The summed E-state index contributed by atoms with van der Waals surface area (Å²) in [5.41, 5.74) is 3.36. The standard InChI is InChI=1S/C16H16OS/c1-10(2)11-7-8-15-13(9-11)16(17)12-5-3-4-6-14(12)18-15/h3-10,16-17H,1-2H3. The molecule has 92 valence electrons. The summed E-state index contributed by atoms with van der Waals surface area (Å²) in [4.78, 5) is 2.33. The Morgan fingerprint density at radius 1 is 1.00 bits per heavy atom.